The van der Waals surface area contributed by atoms with E-state index in [0.717, 1.165) is 27.2 Å². The Morgan fingerprint density at radius 1 is 1.14 bits per heavy atom. The molecule has 21 heavy (non-hydrogen) atoms. The number of nitrogens with zero attached hydrogens (tertiary/aromatic N) is 1. The van der Waals surface area contributed by atoms with Crippen LogP contribution < -0.4 is 0 Å². The lowest BCUT2D eigenvalue weighted by Crippen LogP contribution is -1.98. The second-order valence-electron chi connectivity index (χ2n) is 5.12. The summed E-state index contributed by atoms with van der Waals surface area (Å²) in [5.74, 6) is 0. The Balaban J connectivity index is 1.74. The third kappa shape index (κ3) is 2.24. The molecule has 0 saturated carbocycles. The lowest BCUT2D eigenvalue weighted by atomic mass is 10.1. The van der Waals surface area contributed by atoms with Gasteiger partial charge in [0.1, 0.15) is 11.1 Å². The number of aliphatic hydroxyl groups excluding tert-OH is 1. The van der Waals surface area contributed by atoms with Crippen LogP contribution in [0.1, 0.15) is 27.1 Å². The van der Waals surface area contributed by atoms with Gasteiger partial charge in [0.15, 0.2) is 0 Å². The standard InChI is InChI=1S/C17H12BrNOS/c18-12-6-7-13-11(8-12)9-14-15(13)19-17(21-14)16(20)10-4-2-1-3-5-10/h1-8,16,20H,9H2. The summed E-state index contributed by atoms with van der Waals surface area (Å²) in [4.78, 5) is 5.93. The third-order valence-corrected chi connectivity index (χ3v) is 5.34. The molecule has 1 aliphatic rings. The summed E-state index contributed by atoms with van der Waals surface area (Å²) in [5, 5.41) is 11.3. The first-order valence-electron chi connectivity index (χ1n) is 6.74. The Labute approximate surface area is 135 Å². The molecule has 0 fully saturated rings. The van der Waals surface area contributed by atoms with Crippen LogP contribution in [0.2, 0.25) is 0 Å². The zero-order chi connectivity index (χ0) is 14.4. The van der Waals surface area contributed by atoms with Crippen LogP contribution in [0.25, 0.3) is 11.3 Å². The van der Waals surface area contributed by atoms with Crippen molar-refractivity contribution in [3.05, 3.63) is 74.0 Å². The van der Waals surface area contributed by atoms with Crippen LogP contribution in [-0.4, -0.2) is 10.1 Å². The smallest absolute Gasteiger partial charge is 0.131 e. The molecule has 0 aliphatic heterocycles. The van der Waals surface area contributed by atoms with Crippen molar-refractivity contribution in [2.45, 2.75) is 12.5 Å². The van der Waals surface area contributed by atoms with Crippen molar-refractivity contribution >= 4 is 27.3 Å². The van der Waals surface area contributed by atoms with Crippen LogP contribution in [0, 0.1) is 0 Å². The maximum absolute atomic E-state index is 10.5. The highest BCUT2D eigenvalue weighted by Crippen LogP contribution is 2.42. The summed E-state index contributed by atoms with van der Waals surface area (Å²) < 4.78 is 1.10. The van der Waals surface area contributed by atoms with E-state index in [1.807, 2.05) is 36.4 Å². The van der Waals surface area contributed by atoms with Crippen molar-refractivity contribution in [2.24, 2.45) is 0 Å². The Morgan fingerprint density at radius 2 is 1.95 bits per heavy atom. The lowest BCUT2D eigenvalue weighted by Gasteiger charge is -2.07. The quantitative estimate of drug-likeness (QED) is 0.570. The normalized spacial score (nSPS) is 13.8. The first kappa shape index (κ1) is 13.2. The molecule has 4 rings (SSSR count). The molecule has 1 unspecified atom stereocenters. The molecule has 1 aromatic heterocycles. The van der Waals surface area contributed by atoms with Gasteiger partial charge in [-0.05, 0) is 23.3 Å². The molecule has 1 heterocycles. The second kappa shape index (κ2) is 5.05. The molecule has 1 N–H and O–H groups in total. The Kier molecular flexibility index (Phi) is 3.17. The van der Waals surface area contributed by atoms with E-state index in [9.17, 15) is 5.11 Å². The monoisotopic (exact) mass is 357 g/mol. The molecular formula is C17H12BrNOS. The highest BCUT2D eigenvalue weighted by molar-refractivity contribution is 9.10. The van der Waals surface area contributed by atoms with E-state index in [2.05, 4.69) is 28.1 Å². The number of aliphatic hydroxyl groups is 1. The molecule has 3 aromatic rings. The van der Waals surface area contributed by atoms with Crippen LogP contribution in [0.4, 0.5) is 0 Å². The summed E-state index contributed by atoms with van der Waals surface area (Å²) in [6.45, 7) is 0. The minimum atomic E-state index is -0.638. The molecule has 2 aromatic carbocycles. The summed E-state index contributed by atoms with van der Waals surface area (Å²) >= 11 is 5.12. The van der Waals surface area contributed by atoms with Crippen molar-refractivity contribution in [3.8, 4) is 11.3 Å². The number of benzene rings is 2. The van der Waals surface area contributed by atoms with Crippen molar-refractivity contribution in [1.82, 2.24) is 4.98 Å². The molecule has 4 heteroatoms. The van der Waals surface area contributed by atoms with E-state index in [-0.39, 0.29) is 0 Å². The van der Waals surface area contributed by atoms with Crippen LogP contribution in [0.15, 0.2) is 53.0 Å². The molecule has 104 valence electrons. The van der Waals surface area contributed by atoms with Crippen LogP contribution in [0.3, 0.4) is 0 Å². The van der Waals surface area contributed by atoms with E-state index in [0.29, 0.717) is 0 Å². The Hall–Kier alpha value is -1.49. The van der Waals surface area contributed by atoms with Crippen LogP contribution in [-0.2, 0) is 6.42 Å². The number of halogens is 1. The minimum Gasteiger partial charge on any atom is -0.381 e. The predicted molar refractivity (Wildman–Crippen MR) is 88.6 cm³/mol. The molecule has 0 radical (unpaired) electrons. The van der Waals surface area contributed by atoms with E-state index in [1.54, 1.807) is 11.3 Å². The lowest BCUT2D eigenvalue weighted by molar-refractivity contribution is 0.220. The minimum absolute atomic E-state index is 0.638. The van der Waals surface area contributed by atoms with E-state index in [1.165, 1.54) is 16.0 Å². The van der Waals surface area contributed by atoms with Crippen LogP contribution >= 0.6 is 27.3 Å². The zero-order valence-corrected chi connectivity index (χ0v) is 13.5. The highest BCUT2D eigenvalue weighted by atomic mass is 79.9. The summed E-state index contributed by atoms with van der Waals surface area (Å²) in [6.07, 6.45) is 0.268. The van der Waals surface area contributed by atoms with Crippen LogP contribution in [0.5, 0.6) is 0 Å². The SMILES string of the molecule is OC(c1ccccc1)c1nc2c(s1)Cc1cc(Br)ccc1-2. The zero-order valence-electron chi connectivity index (χ0n) is 11.1. The average Bonchev–Trinajstić information content (AvgIpc) is 3.04. The molecular weight excluding hydrogens is 346 g/mol. The fourth-order valence-corrected chi connectivity index (χ4v) is 4.23. The van der Waals surface area contributed by atoms with Gasteiger partial charge in [-0.2, -0.15) is 0 Å². The van der Waals surface area contributed by atoms with Gasteiger partial charge in [0.05, 0.1) is 5.69 Å². The molecule has 2 nitrogen and oxygen atoms in total. The topological polar surface area (TPSA) is 33.1 Å². The fraction of sp³-hybridized carbons (Fsp3) is 0.118. The molecule has 0 amide bonds. The first-order chi connectivity index (χ1) is 10.2. The number of fused-ring (bicyclic) bond motifs is 3. The van der Waals surface area contributed by atoms with Gasteiger partial charge in [0.25, 0.3) is 0 Å². The van der Waals surface area contributed by atoms with Gasteiger partial charge in [-0.25, -0.2) is 4.98 Å². The number of rotatable bonds is 2. The molecule has 1 aliphatic carbocycles. The fourth-order valence-electron chi connectivity index (χ4n) is 2.71. The van der Waals surface area contributed by atoms with Crippen molar-refractivity contribution < 1.29 is 5.11 Å². The van der Waals surface area contributed by atoms with E-state index in [4.69, 9.17) is 4.98 Å². The van der Waals surface area contributed by atoms with Gasteiger partial charge in [-0.15, -0.1) is 11.3 Å². The molecule has 0 saturated heterocycles. The third-order valence-electron chi connectivity index (χ3n) is 3.74. The maximum atomic E-state index is 10.5. The van der Waals surface area contributed by atoms with Gasteiger partial charge in [-0.3, -0.25) is 0 Å². The molecule has 0 spiro atoms. The number of thiazole rings is 1. The number of hydrogen-bond donors (Lipinski definition) is 1. The summed E-state index contributed by atoms with van der Waals surface area (Å²) in [7, 11) is 0. The second-order valence-corrected chi connectivity index (χ2v) is 7.15. The highest BCUT2D eigenvalue weighted by Gasteiger charge is 2.26. The van der Waals surface area contributed by atoms with Crippen molar-refractivity contribution in [1.29, 1.82) is 0 Å². The van der Waals surface area contributed by atoms with Gasteiger partial charge in [0, 0.05) is 21.3 Å². The first-order valence-corrected chi connectivity index (χ1v) is 8.35. The number of aromatic nitrogens is 1. The Morgan fingerprint density at radius 3 is 2.76 bits per heavy atom. The largest absolute Gasteiger partial charge is 0.381 e. The maximum Gasteiger partial charge on any atom is 0.131 e. The molecule has 1 atom stereocenters. The van der Waals surface area contributed by atoms with Gasteiger partial charge >= 0.3 is 0 Å². The molecule has 0 bridgehead atoms. The summed E-state index contributed by atoms with van der Waals surface area (Å²) in [6, 6.07) is 16.0. The van der Waals surface area contributed by atoms with Crippen molar-refractivity contribution in [2.75, 3.05) is 0 Å². The van der Waals surface area contributed by atoms with E-state index >= 15 is 0 Å². The van der Waals surface area contributed by atoms with Gasteiger partial charge in [-0.1, -0.05) is 52.3 Å². The Bertz CT molecular complexity index is 813. The van der Waals surface area contributed by atoms with Crippen molar-refractivity contribution in [3.63, 3.8) is 0 Å². The predicted octanol–water partition coefficient (Wildman–Crippen LogP) is 4.56. The summed E-state index contributed by atoms with van der Waals surface area (Å²) in [5.41, 5.74) is 4.42. The number of hydrogen-bond acceptors (Lipinski definition) is 3. The van der Waals surface area contributed by atoms with Gasteiger partial charge < -0.3 is 5.11 Å². The van der Waals surface area contributed by atoms with E-state index < -0.39 is 6.10 Å². The average molecular weight is 358 g/mol. The van der Waals surface area contributed by atoms with Gasteiger partial charge in [0.2, 0.25) is 0 Å².